The number of hydrogen-bond donors (Lipinski definition) is 2. The van der Waals surface area contributed by atoms with E-state index in [-0.39, 0.29) is 22.0 Å². The van der Waals surface area contributed by atoms with Crippen LogP contribution in [0.5, 0.6) is 5.75 Å². The standard InChI is InChI=1S/C23H18ClFN4O3/c1-13-4-3-5-21-27-19(12-29(13)21)23(31)26-15-7-9-20(32-2)18(11-15)28-22(30)16-8-6-14(24)10-17(16)25/h3-12H,1-2H3,(H,26,31)(H,28,30). The van der Waals surface area contributed by atoms with Crippen molar-refractivity contribution >= 4 is 40.4 Å². The highest BCUT2D eigenvalue weighted by Gasteiger charge is 2.17. The van der Waals surface area contributed by atoms with Gasteiger partial charge in [-0.2, -0.15) is 0 Å². The van der Waals surface area contributed by atoms with Crippen LogP contribution in [0.25, 0.3) is 5.65 Å². The maximum atomic E-state index is 14.1. The third-order valence-corrected chi connectivity index (χ3v) is 5.04. The maximum Gasteiger partial charge on any atom is 0.275 e. The summed E-state index contributed by atoms with van der Waals surface area (Å²) in [6.45, 7) is 1.91. The Hall–Kier alpha value is -3.91. The summed E-state index contributed by atoms with van der Waals surface area (Å²) in [5.74, 6) is -1.51. The molecule has 9 heteroatoms. The number of rotatable bonds is 5. The van der Waals surface area contributed by atoms with Gasteiger partial charge >= 0.3 is 0 Å². The molecule has 0 unspecified atom stereocenters. The van der Waals surface area contributed by atoms with E-state index in [1.807, 2.05) is 23.5 Å². The Kier molecular flexibility index (Phi) is 5.79. The number of imidazole rings is 1. The summed E-state index contributed by atoms with van der Waals surface area (Å²) in [7, 11) is 1.44. The smallest absolute Gasteiger partial charge is 0.275 e. The minimum absolute atomic E-state index is 0.175. The molecule has 2 aromatic carbocycles. The molecule has 0 fully saturated rings. The molecule has 32 heavy (non-hydrogen) atoms. The van der Waals surface area contributed by atoms with Crippen molar-refractivity contribution in [2.45, 2.75) is 6.92 Å². The third kappa shape index (κ3) is 4.26. The fourth-order valence-corrected chi connectivity index (χ4v) is 3.36. The molecule has 7 nitrogen and oxygen atoms in total. The summed E-state index contributed by atoms with van der Waals surface area (Å²) in [4.78, 5) is 29.6. The summed E-state index contributed by atoms with van der Waals surface area (Å²) in [5.41, 5.74) is 2.32. The van der Waals surface area contributed by atoms with Crippen molar-refractivity contribution in [2.75, 3.05) is 17.7 Å². The highest BCUT2D eigenvalue weighted by atomic mass is 35.5. The van der Waals surface area contributed by atoms with E-state index in [1.165, 1.54) is 25.3 Å². The number of nitrogens with one attached hydrogen (secondary N) is 2. The summed E-state index contributed by atoms with van der Waals surface area (Å²) in [6.07, 6.45) is 1.65. The number of carbonyl (C=O) groups excluding carboxylic acids is 2. The molecular formula is C23H18ClFN4O3. The predicted octanol–water partition coefficient (Wildman–Crippen LogP) is 4.95. The number of benzene rings is 2. The van der Waals surface area contributed by atoms with Crippen molar-refractivity contribution < 1.29 is 18.7 Å². The molecule has 2 aromatic heterocycles. The number of amides is 2. The number of halogens is 2. The number of anilines is 2. The summed E-state index contributed by atoms with van der Waals surface area (Å²) >= 11 is 5.75. The first-order valence-corrected chi connectivity index (χ1v) is 9.94. The molecule has 0 spiro atoms. The molecule has 0 aliphatic rings. The van der Waals surface area contributed by atoms with E-state index in [4.69, 9.17) is 16.3 Å². The molecule has 0 atom stereocenters. The first-order valence-electron chi connectivity index (χ1n) is 9.56. The quantitative estimate of drug-likeness (QED) is 0.448. The Morgan fingerprint density at radius 1 is 1.06 bits per heavy atom. The minimum atomic E-state index is -0.749. The molecule has 0 saturated carbocycles. The molecule has 4 aromatic rings. The van der Waals surface area contributed by atoms with Crippen LogP contribution in [0.1, 0.15) is 26.5 Å². The molecular weight excluding hydrogens is 435 g/mol. The first kappa shape index (κ1) is 21.3. The average Bonchev–Trinajstić information content (AvgIpc) is 3.20. The monoisotopic (exact) mass is 452 g/mol. The number of aryl methyl sites for hydroxylation is 1. The number of pyridine rings is 1. The van der Waals surface area contributed by atoms with Crippen molar-refractivity contribution in [3.05, 3.63) is 88.6 Å². The second-order valence-corrected chi connectivity index (χ2v) is 7.41. The Balaban J connectivity index is 1.57. The van der Waals surface area contributed by atoms with Crippen molar-refractivity contribution in [1.82, 2.24) is 9.38 Å². The average molecular weight is 453 g/mol. The van der Waals surface area contributed by atoms with Crippen LogP contribution in [0.3, 0.4) is 0 Å². The molecule has 2 amide bonds. The second kappa shape index (κ2) is 8.68. The van der Waals surface area contributed by atoms with Crippen LogP contribution < -0.4 is 15.4 Å². The zero-order valence-corrected chi connectivity index (χ0v) is 17.9. The highest BCUT2D eigenvalue weighted by molar-refractivity contribution is 6.30. The molecule has 0 bridgehead atoms. The van der Waals surface area contributed by atoms with E-state index >= 15 is 0 Å². The zero-order chi connectivity index (χ0) is 22.8. The largest absolute Gasteiger partial charge is 0.495 e. The second-order valence-electron chi connectivity index (χ2n) is 6.97. The third-order valence-electron chi connectivity index (χ3n) is 4.81. The molecule has 2 heterocycles. The number of ether oxygens (including phenoxy) is 1. The van der Waals surface area contributed by atoms with Crippen LogP contribution >= 0.6 is 11.6 Å². The van der Waals surface area contributed by atoms with Crippen LogP contribution in [-0.4, -0.2) is 28.3 Å². The van der Waals surface area contributed by atoms with Gasteiger partial charge < -0.3 is 19.8 Å². The Morgan fingerprint density at radius 3 is 2.59 bits per heavy atom. The van der Waals surface area contributed by atoms with Crippen LogP contribution in [0.2, 0.25) is 5.02 Å². The van der Waals surface area contributed by atoms with Gasteiger partial charge in [0.05, 0.1) is 18.4 Å². The van der Waals surface area contributed by atoms with Gasteiger partial charge in [-0.1, -0.05) is 17.7 Å². The number of nitrogens with zero attached hydrogens (tertiary/aromatic N) is 2. The molecule has 162 valence electrons. The van der Waals surface area contributed by atoms with E-state index < -0.39 is 17.6 Å². The van der Waals surface area contributed by atoms with Gasteiger partial charge in [0.1, 0.15) is 22.9 Å². The summed E-state index contributed by atoms with van der Waals surface area (Å²) in [6, 6.07) is 14.1. The van der Waals surface area contributed by atoms with Crippen LogP contribution in [0, 0.1) is 12.7 Å². The normalized spacial score (nSPS) is 10.8. The lowest BCUT2D eigenvalue weighted by Crippen LogP contribution is -2.16. The van der Waals surface area contributed by atoms with Gasteiger partial charge in [-0.3, -0.25) is 9.59 Å². The highest BCUT2D eigenvalue weighted by Crippen LogP contribution is 2.29. The number of carbonyl (C=O) groups is 2. The van der Waals surface area contributed by atoms with Gasteiger partial charge in [-0.15, -0.1) is 0 Å². The number of aromatic nitrogens is 2. The Labute approximate surface area is 187 Å². The van der Waals surface area contributed by atoms with E-state index in [0.29, 0.717) is 17.1 Å². The van der Waals surface area contributed by atoms with Crippen molar-refractivity contribution in [1.29, 1.82) is 0 Å². The topological polar surface area (TPSA) is 84.7 Å². The van der Waals surface area contributed by atoms with Gasteiger partial charge in [-0.05, 0) is 55.5 Å². The summed E-state index contributed by atoms with van der Waals surface area (Å²) < 4.78 is 21.2. The van der Waals surface area contributed by atoms with Crippen molar-refractivity contribution in [2.24, 2.45) is 0 Å². The summed E-state index contributed by atoms with van der Waals surface area (Å²) in [5, 5.41) is 5.54. The number of methoxy groups -OCH3 is 1. The Morgan fingerprint density at radius 2 is 1.88 bits per heavy atom. The molecule has 0 saturated heterocycles. The fourth-order valence-electron chi connectivity index (χ4n) is 3.20. The van der Waals surface area contributed by atoms with E-state index in [0.717, 1.165) is 11.8 Å². The van der Waals surface area contributed by atoms with Crippen LogP contribution in [-0.2, 0) is 0 Å². The maximum absolute atomic E-state index is 14.1. The SMILES string of the molecule is COc1ccc(NC(=O)c2cn3c(C)cccc3n2)cc1NC(=O)c1ccc(Cl)cc1F. The number of fused-ring (bicyclic) bond motifs is 1. The van der Waals surface area contributed by atoms with Gasteiger partial charge in [-0.25, -0.2) is 9.37 Å². The van der Waals surface area contributed by atoms with Crippen LogP contribution in [0.15, 0.2) is 60.8 Å². The molecule has 4 rings (SSSR count). The van der Waals surface area contributed by atoms with E-state index in [2.05, 4.69) is 15.6 Å². The van der Waals surface area contributed by atoms with Crippen molar-refractivity contribution in [3.63, 3.8) is 0 Å². The predicted molar refractivity (Wildman–Crippen MR) is 120 cm³/mol. The zero-order valence-electron chi connectivity index (χ0n) is 17.1. The number of hydrogen-bond acceptors (Lipinski definition) is 4. The molecule has 2 N–H and O–H groups in total. The lowest BCUT2D eigenvalue weighted by molar-refractivity contribution is 0.101. The molecule has 0 radical (unpaired) electrons. The van der Waals surface area contributed by atoms with Crippen molar-refractivity contribution in [3.8, 4) is 5.75 Å². The van der Waals surface area contributed by atoms with Gasteiger partial charge in [0.2, 0.25) is 0 Å². The fraction of sp³-hybridized carbons (Fsp3) is 0.0870. The Bertz CT molecular complexity index is 1350. The molecule has 0 aliphatic heterocycles. The lowest BCUT2D eigenvalue weighted by atomic mass is 10.2. The van der Waals surface area contributed by atoms with Crippen LogP contribution in [0.4, 0.5) is 15.8 Å². The molecule has 0 aliphatic carbocycles. The van der Waals surface area contributed by atoms with E-state index in [9.17, 15) is 14.0 Å². The van der Waals surface area contributed by atoms with Gasteiger partial charge in [0.15, 0.2) is 0 Å². The van der Waals surface area contributed by atoms with Gasteiger partial charge in [0.25, 0.3) is 11.8 Å². The minimum Gasteiger partial charge on any atom is -0.495 e. The van der Waals surface area contributed by atoms with Gasteiger partial charge in [0, 0.05) is 22.6 Å². The first-order chi connectivity index (χ1) is 15.4. The van der Waals surface area contributed by atoms with E-state index in [1.54, 1.807) is 24.4 Å². The lowest BCUT2D eigenvalue weighted by Gasteiger charge is -2.13.